The maximum Gasteiger partial charge on any atom is 0.418 e. The molecular weight excluding hydrogens is 233 g/mol. The molecule has 3 nitrogen and oxygen atoms in total. The minimum absolute atomic E-state index is 0.220. The Hall–Kier alpha value is -0.800. The summed E-state index contributed by atoms with van der Waals surface area (Å²) in [4.78, 5) is 1.56. The zero-order valence-corrected chi connectivity index (χ0v) is 10.0. The highest BCUT2D eigenvalue weighted by molar-refractivity contribution is 4.97. The number of hydrogen-bond donors (Lipinski definition) is 1. The summed E-state index contributed by atoms with van der Waals surface area (Å²) in [6.45, 7) is 3.73. The van der Waals surface area contributed by atoms with Crippen LogP contribution in [0, 0.1) is 16.7 Å². The molecule has 0 bridgehead atoms. The maximum absolute atomic E-state index is 12.5. The van der Waals surface area contributed by atoms with Crippen molar-refractivity contribution in [2.45, 2.75) is 38.5 Å². The summed E-state index contributed by atoms with van der Waals surface area (Å²) in [5.41, 5.74) is -3.12. The van der Waals surface area contributed by atoms with Gasteiger partial charge in [0.05, 0.1) is 11.5 Å². The molecule has 17 heavy (non-hydrogen) atoms. The van der Waals surface area contributed by atoms with Crippen LogP contribution in [-0.4, -0.2) is 41.4 Å². The van der Waals surface area contributed by atoms with Gasteiger partial charge in [0, 0.05) is 13.1 Å². The molecule has 1 atom stereocenters. The molecule has 0 aromatic carbocycles. The number of alkyl halides is 3. The minimum Gasteiger partial charge on any atom is -0.379 e. The summed E-state index contributed by atoms with van der Waals surface area (Å²) in [5, 5.41) is 18.3. The Morgan fingerprint density at radius 1 is 1.41 bits per heavy atom. The third kappa shape index (κ3) is 3.33. The predicted octanol–water partition coefficient (Wildman–Crippen LogP) is 1.93. The fraction of sp³-hybridized carbons (Fsp3) is 0.909. The topological polar surface area (TPSA) is 47.3 Å². The summed E-state index contributed by atoms with van der Waals surface area (Å²) < 4.78 is 37.6. The molecule has 1 N–H and O–H groups in total. The van der Waals surface area contributed by atoms with Crippen molar-refractivity contribution < 1.29 is 18.3 Å². The Morgan fingerprint density at radius 3 is 2.41 bits per heavy atom. The first kappa shape index (κ1) is 14.3. The van der Waals surface area contributed by atoms with Crippen LogP contribution >= 0.6 is 0 Å². The molecule has 0 saturated carbocycles. The zero-order valence-electron chi connectivity index (χ0n) is 10.0. The molecule has 1 saturated heterocycles. The van der Waals surface area contributed by atoms with E-state index in [4.69, 9.17) is 5.26 Å². The van der Waals surface area contributed by atoms with Crippen LogP contribution < -0.4 is 0 Å². The molecule has 1 aliphatic rings. The first-order valence-electron chi connectivity index (χ1n) is 5.52. The molecule has 0 radical (unpaired) electrons. The molecule has 6 heteroatoms. The van der Waals surface area contributed by atoms with Gasteiger partial charge in [-0.3, -0.25) is 4.90 Å². The van der Waals surface area contributed by atoms with E-state index in [1.54, 1.807) is 18.7 Å². The Labute approximate surface area is 98.8 Å². The van der Waals surface area contributed by atoms with E-state index in [2.05, 4.69) is 6.07 Å². The summed E-state index contributed by atoms with van der Waals surface area (Å²) in [6.07, 6.45) is -4.37. The second-order valence-corrected chi connectivity index (χ2v) is 5.30. The van der Waals surface area contributed by atoms with E-state index in [9.17, 15) is 18.3 Å². The summed E-state index contributed by atoms with van der Waals surface area (Å²) in [5.74, 6) is 0. The van der Waals surface area contributed by atoms with Gasteiger partial charge in [-0.25, -0.2) is 0 Å². The highest BCUT2D eigenvalue weighted by Gasteiger charge is 2.56. The van der Waals surface area contributed by atoms with Gasteiger partial charge in [-0.2, -0.15) is 18.4 Å². The minimum atomic E-state index is -4.58. The van der Waals surface area contributed by atoms with Crippen LogP contribution in [0.1, 0.15) is 26.7 Å². The van der Waals surface area contributed by atoms with Crippen molar-refractivity contribution in [2.75, 3.05) is 19.6 Å². The molecule has 0 spiro atoms. The van der Waals surface area contributed by atoms with Gasteiger partial charge in [0.1, 0.15) is 0 Å². The lowest BCUT2D eigenvalue weighted by Gasteiger charge is -2.26. The van der Waals surface area contributed by atoms with Gasteiger partial charge in [-0.05, 0) is 33.2 Å². The number of nitriles is 1. The van der Waals surface area contributed by atoms with Crippen molar-refractivity contribution in [1.82, 2.24) is 4.90 Å². The van der Waals surface area contributed by atoms with Crippen LogP contribution in [0.4, 0.5) is 13.2 Å². The van der Waals surface area contributed by atoms with E-state index >= 15 is 0 Å². The molecule has 98 valence electrons. The largest absolute Gasteiger partial charge is 0.418 e. The molecule has 0 aliphatic carbocycles. The summed E-state index contributed by atoms with van der Waals surface area (Å²) in [6, 6.07) is 2.10. The number of β-amino-alcohol motifs (C(OH)–C–C–N with tert-alkyl or cyclic N) is 1. The number of rotatable bonds is 3. The number of aliphatic hydroxyl groups is 1. The highest BCUT2D eigenvalue weighted by Crippen LogP contribution is 2.37. The molecule has 0 amide bonds. The van der Waals surface area contributed by atoms with Gasteiger partial charge in [-0.1, -0.05) is 0 Å². The molecule has 0 aromatic rings. The lowest BCUT2D eigenvalue weighted by atomic mass is 9.91. The molecule has 0 aromatic heterocycles. The van der Waals surface area contributed by atoms with E-state index in [0.29, 0.717) is 13.0 Å². The van der Waals surface area contributed by atoms with Gasteiger partial charge in [0.2, 0.25) is 0 Å². The van der Waals surface area contributed by atoms with Crippen LogP contribution in [-0.2, 0) is 0 Å². The molecule has 1 heterocycles. The molecular formula is C11H17F3N2O. The number of hydrogen-bond acceptors (Lipinski definition) is 3. The van der Waals surface area contributed by atoms with Crippen LogP contribution in [0.15, 0.2) is 0 Å². The molecule has 1 unspecified atom stereocenters. The first-order valence-corrected chi connectivity index (χ1v) is 5.52. The SMILES string of the molecule is CC(C)(C#N)CCN1CCC(O)(C(F)(F)F)C1. The van der Waals surface area contributed by atoms with E-state index in [0.717, 1.165) is 0 Å². The quantitative estimate of drug-likeness (QED) is 0.832. The summed E-state index contributed by atoms with van der Waals surface area (Å²) in [7, 11) is 0. The Bertz CT molecular complexity index is 322. The van der Waals surface area contributed by atoms with E-state index in [1.165, 1.54) is 0 Å². The second kappa shape index (κ2) is 4.46. The lowest BCUT2D eigenvalue weighted by Crippen LogP contribution is -2.47. The van der Waals surface area contributed by atoms with Gasteiger partial charge in [0.15, 0.2) is 5.60 Å². The van der Waals surface area contributed by atoms with Gasteiger partial charge >= 0.3 is 6.18 Å². The zero-order chi connectivity index (χ0) is 13.3. The smallest absolute Gasteiger partial charge is 0.379 e. The van der Waals surface area contributed by atoms with E-state index in [-0.39, 0.29) is 13.0 Å². The average Bonchev–Trinajstić information content (AvgIpc) is 2.58. The van der Waals surface area contributed by atoms with Crippen LogP contribution in [0.25, 0.3) is 0 Å². The Morgan fingerprint density at radius 2 is 2.00 bits per heavy atom. The predicted molar refractivity (Wildman–Crippen MR) is 56.1 cm³/mol. The highest BCUT2D eigenvalue weighted by atomic mass is 19.4. The van der Waals surface area contributed by atoms with Crippen molar-refractivity contribution >= 4 is 0 Å². The number of halogens is 3. The maximum atomic E-state index is 12.5. The fourth-order valence-corrected chi connectivity index (χ4v) is 1.79. The number of nitrogens with zero attached hydrogens (tertiary/aromatic N) is 2. The normalized spacial score (nSPS) is 27.1. The third-order valence-corrected chi connectivity index (χ3v) is 3.21. The molecule has 1 aliphatic heterocycles. The van der Waals surface area contributed by atoms with Crippen LogP contribution in [0.5, 0.6) is 0 Å². The van der Waals surface area contributed by atoms with Crippen molar-refractivity contribution in [1.29, 1.82) is 5.26 Å². The average molecular weight is 250 g/mol. The van der Waals surface area contributed by atoms with Gasteiger partial charge < -0.3 is 5.11 Å². The van der Waals surface area contributed by atoms with E-state index < -0.39 is 23.7 Å². The van der Waals surface area contributed by atoms with E-state index in [1.807, 2.05) is 0 Å². The van der Waals surface area contributed by atoms with Crippen molar-refractivity contribution in [2.24, 2.45) is 5.41 Å². The third-order valence-electron chi connectivity index (χ3n) is 3.21. The fourth-order valence-electron chi connectivity index (χ4n) is 1.79. The second-order valence-electron chi connectivity index (χ2n) is 5.30. The van der Waals surface area contributed by atoms with Gasteiger partial charge in [0.25, 0.3) is 0 Å². The summed E-state index contributed by atoms with van der Waals surface area (Å²) >= 11 is 0. The number of likely N-dealkylation sites (tertiary alicyclic amines) is 1. The van der Waals surface area contributed by atoms with Crippen LogP contribution in [0.3, 0.4) is 0 Å². The molecule has 1 fully saturated rings. The monoisotopic (exact) mass is 250 g/mol. The first-order chi connectivity index (χ1) is 7.60. The van der Waals surface area contributed by atoms with Crippen LogP contribution in [0.2, 0.25) is 0 Å². The van der Waals surface area contributed by atoms with Crippen molar-refractivity contribution in [3.8, 4) is 6.07 Å². The standard InChI is InChI=1S/C11H17F3N2O/c1-9(2,7-15)3-5-16-6-4-10(17,8-16)11(12,13)14/h17H,3-6,8H2,1-2H3. The Balaban J connectivity index is 2.50. The Kier molecular flexibility index (Phi) is 3.75. The van der Waals surface area contributed by atoms with Crippen molar-refractivity contribution in [3.05, 3.63) is 0 Å². The lowest BCUT2D eigenvalue weighted by molar-refractivity contribution is -0.253. The van der Waals surface area contributed by atoms with Gasteiger partial charge in [-0.15, -0.1) is 0 Å². The van der Waals surface area contributed by atoms with Crippen molar-refractivity contribution in [3.63, 3.8) is 0 Å². The molecule has 1 rings (SSSR count).